The van der Waals surface area contributed by atoms with Gasteiger partial charge in [-0.2, -0.15) is 11.8 Å². The first kappa shape index (κ1) is 13.2. The number of anilines is 1. The highest BCUT2D eigenvalue weighted by Crippen LogP contribution is 2.39. The maximum absolute atomic E-state index is 4.88. The standard InChI is InChI=1S/C15H23N3S/c1-3-10-5-4-6-11(7-10)14-17-13-9-19-8-12(13)15(16-2)18-14/h10-11H,3-9H2,1-2H3,(H,16,17,18). The first-order chi connectivity index (χ1) is 9.31. The summed E-state index contributed by atoms with van der Waals surface area (Å²) in [6.45, 7) is 2.31. The number of thioether (sulfide) groups is 1. The van der Waals surface area contributed by atoms with Gasteiger partial charge < -0.3 is 5.32 Å². The SMILES string of the molecule is CCC1CCCC(c2nc3c(c(NC)n2)CSC3)C1. The number of hydrogen-bond donors (Lipinski definition) is 1. The summed E-state index contributed by atoms with van der Waals surface area (Å²) in [5.41, 5.74) is 2.61. The fourth-order valence-electron chi connectivity index (χ4n) is 3.36. The van der Waals surface area contributed by atoms with Crippen molar-refractivity contribution in [1.82, 2.24) is 9.97 Å². The van der Waals surface area contributed by atoms with E-state index in [4.69, 9.17) is 9.97 Å². The van der Waals surface area contributed by atoms with Gasteiger partial charge in [-0.15, -0.1) is 0 Å². The molecule has 0 saturated heterocycles. The van der Waals surface area contributed by atoms with Gasteiger partial charge in [0.15, 0.2) is 0 Å². The van der Waals surface area contributed by atoms with E-state index < -0.39 is 0 Å². The van der Waals surface area contributed by atoms with Gasteiger partial charge in [0, 0.05) is 30.0 Å². The predicted octanol–water partition coefficient (Wildman–Crippen LogP) is 3.95. The van der Waals surface area contributed by atoms with Crippen LogP contribution in [0.4, 0.5) is 5.82 Å². The number of fused-ring (bicyclic) bond motifs is 1. The van der Waals surface area contributed by atoms with Crippen molar-refractivity contribution in [3.05, 3.63) is 17.1 Å². The minimum absolute atomic E-state index is 0.585. The Kier molecular flexibility index (Phi) is 3.96. The summed E-state index contributed by atoms with van der Waals surface area (Å²) in [5.74, 6) is 5.76. The largest absolute Gasteiger partial charge is 0.373 e. The first-order valence-electron chi connectivity index (χ1n) is 7.47. The molecule has 0 radical (unpaired) electrons. The summed E-state index contributed by atoms with van der Waals surface area (Å²) in [6, 6.07) is 0. The highest BCUT2D eigenvalue weighted by atomic mass is 32.2. The van der Waals surface area contributed by atoms with Crippen molar-refractivity contribution < 1.29 is 0 Å². The fraction of sp³-hybridized carbons (Fsp3) is 0.733. The van der Waals surface area contributed by atoms with E-state index in [-0.39, 0.29) is 0 Å². The van der Waals surface area contributed by atoms with Crippen molar-refractivity contribution in [2.45, 2.75) is 56.5 Å². The van der Waals surface area contributed by atoms with E-state index in [0.29, 0.717) is 5.92 Å². The monoisotopic (exact) mass is 277 g/mol. The molecule has 0 amide bonds. The zero-order valence-corrected chi connectivity index (χ0v) is 12.7. The van der Waals surface area contributed by atoms with Crippen LogP contribution in [0.15, 0.2) is 0 Å². The van der Waals surface area contributed by atoms with E-state index in [0.717, 1.165) is 29.1 Å². The molecule has 2 heterocycles. The van der Waals surface area contributed by atoms with Crippen LogP contribution < -0.4 is 5.32 Å². The Morgan fingerprint density at radius 3 is 2.95 bits per heavy atom. The molecule has 1 aliphatic carbocycles. The van der Waals surface area contributed by atoms with Crippen molar-refractivity contribution in [3.8, 4) is 0 Å². The van der Waals surface area contributed by atoms with Crippen molar-refractivity contribution in [1.29, 1.82) is 0 Å². The molecule has 1 fully saturated rings. The van der Waals surface area contributed by atoms with Gasteiger partial charge in [-0.1, -0.05) is 26.2 Å². The van der Waals surface area contributed by atoms with Crippen molar-refractivity contribution in [2.24, 2.45) is 5.92 Å². The quantitative estimate of drug-likeness (QED) is 0.908. The molecule has 0 bridgehead atoms. The molecule has 4 heteroatoms. The van der Waals surface area contributed by atoms with Crippen LogP contribution in [0.3, 0.4) is 0 Å². The maximum Gasteiger partial charge on any atom is 0.134 e. The van der Waals surface area contributed by atoms with E-state index >= 15 is 0 Å². The molecule has 19 heavy (non-hydrogen) atoms. The molecule has 2 unspecified atom stereocenters. The highest BCUT2D eigenvalue weighted by Gasteiger charge is 2.27. The van der Waals surface area contributed by atoms with E-state index in [1.807, 2.05) is 18.8 Å². The summed E-state index contributed by atoms with van der Waals surface area (Å²) in [7, 11) is 1.98. The van der Waals surface area contributed by atoms with Gasteiger partial charge >= 0.3 is 0 Å². The zero-order chi connectivity index (χ0) is 13.2. The van der Waals surface area contributed by atoms with Crippen molar-refractivity contribution in [3.63, 3.8) is 0 Å². The summed E-state index contributed by atoms with van der Waals surface area (Å²) >= 11 is 1.95. The third-order valence-electron chi connectivity index (χ3n) is 4.56. The van der Waals surface area contributed by atoms with Crippen LogP contribution in [0.25, 0.3) is 0 Å². The second-order valence-electron chi connectivity index (χ2n) is 5.74. The van der Waals surface area contributed by atoms with Gasteiger partial charge in [-0.05, 0) is 18.8 Å². The van der Waals surface area contributed by atoms with Crippen molar-refractivity contribution in [2.75, 3.05) is 12.4 Å². The summed E-state index contributed by atoms with van der Waals surface area (Å²) in [6.07, 6.45) is 6.59. The smallest absolute Gasteiger partial charge is 0.134 e. The molecular weight excluding hydrogens is 254 g/mol. The van der Waals surface area contributed by atoms with E-state index in [9.17, 15) is 0 Å². The Hall–Kier alpha value is -0.770. The Morgan fingerprint density at radius 1 is 1.26 bits per heavy atom. The lowest BCUT2D eigenvalue weighted by atomic mass is 9.80. The van der Waals surface area contributed by atoms with Gasteiger partial charge in [-0.3, -0.25) is 0 Å². The van der Waals surface area contributed by atoms with Crippen LogP contribution in [0.2, 0.25) is 0 Å². The highest BCUT2D eigenvalue weighted by molar-refractivity contribution is 7.98. The van der Waals surface area contributed by atoms with Gasteiger partial charge in [0.05, 0.1) is 5.69 Å². The molecule has 1 aromatic heterocycles. The Bertz CT molecular complexity index is 461. The molecule has 1 aliphatic heterocycles. The molecule has 2 atom stereocenters. The van der Waals surface area contributed by atoms with E-state index in [1.165, 1.54) is 43.4 Å². The van der Waals surface area contributed by atoms with Crippen LogP contribution in [0.5, 0.6) is 0 Å². The second-order valence-corrected chi connectivity index (χ2v) is 6.72. The van der Waals surface area contributed by atoms with Gasteiger partial charge in [0.2, 0.25) is 0 Å². The number of nitrogens with zero attached hydrogens (tertiary/aromatic N) is 2. The summed E-state index contributed by atoms with van der Waals surface area (Å²) in [5, 5.41) is 3.27. The lowest BCUT2D eigenvalue weighted by Crippen LogP contribution is -2.17. The van der Waals surface area contributed by atoms with Gasteiger partial charge in [0.25, 0.3) is 0 Å². The van der Waals surface area contributed by atoms with E-state index in [1.54, 1.807) is 0 Å². The average molecular weight is 277 g/mol. The normalized spacial score (nSPS) is 26.2. The third kappa shape index (κ3) is 2.60. The third-order valence-corrected chi connectivity index (χ3v) is 5.53. The minimum atomic E-state index is 0.585. The first-order valence-corrected chi connectivity index (χ1v) is 8.62. The minimum Gasteiger partial charge on any atom is -0.373 e. The summed E-state index contributed by atoms with van der Waals surface area (Å²) < 4.78 is 0. The van der Waals surface area contributed by atoms with Crippen LogP contribution in [0, 0.1) is 5.92 Å². The topological polar surface area (TPSA) is 37.8 Å². The molecule has 2 aliphatic rings. The molecule has 0 aromatic carbocycles. The Labute approximate surface area is 120 Å². The maximum atomic E-state index is 4.88. The Balaban J connectivity index is 1.88. The molecule has 3 rings (SSSR count). The van der Waals surface area contributed by atoms with Crippen LogP contribution in [0.1, 0.15) is 62.0 Å². The van der Waals surface area contributed by atoms with Crippen molar-refractivity contribution >= 4 is 17.6 Å². The molecule has 1 saturated carbocycles. The molecule has 1 N–H and O–H groups in total. The zero-order valence-electron chi connectivity index (χ0n) is 11.9. The number of rotatable bonds is 3. The molecule has 104 valence electrons. The second kappa shape index (κ2) is 5.70. The molecule has 1 aromatic rings. The predicted molar refractivity (Wildman–Crippen MR) is 81.6 cm³/mol. The van der Waals surface area contributed by atoms with E-state index in [2.05, 4.69) is 12.2 Å². The number of hydrogen-bond acceptors (Lipinski definition) is 4. The molecule has 0 spiro atoms. The Morgan fingerprint density at radius 2 is 2.16 bits per heavy atom. The average Bonchev–Trinajstić information content (AvgIpc) is 2.94. The summed E-state index contributed by atoms with van der Waals surface area (Å²) in [4.78, 5) is 9.70. The van der Waals surface area contributed by atoms with Crippen LogP contribution in [-0.4, -0.2) is 17.0 Å². The lowest BCUT2D eigenvalue weighted by molar-refractivity contribution is 0.307. The van der Waals surface area contributed by atoms with Crippen LogP contribution in [-0.2, 0) is 11.5 Å². The lowest BCUT2D eigenvalue weighted by Gasteiger charge is -2.28. The van der Waals surface area contributed by atoms with Gasteiger partial charge in [-0.25, -0.2) is 9.97 Å². The number of aromatic nitrogens is 2. The van der Waals surface area contributed by atoms with Crippen LogP contribution >= 0.6 is 11.8 Å². The number of nitrogens with one attached hydrogen (secondary N) is 1. The molecular formula is C15H23N3S. The molecule has 3 nitrogen and oxygen atoms in total. The fourth-order valence-corrected chi connectivity index (χ4v) is 4.40. The van der Waals surface area contributed by atoms with Gasteiger partial charge in [0.1, 0.15) is 11.6 Å².